The molecule has 3 heterocycles. The van der Waals surface area contributed by atoms with Gasteiger partial charge in [0.25, 0.3) is 0 Å². The van der Waals surface area contributed by atoms with Gasteiger partial charge < -0.3 is 10.2 Å². The third-order valence-electron chi connectivity index (χ3n) is 3.80. The lowest BCUT2D eigenvalue weighted by atomic mass is 10.1. The topological polar surface area (TPSA) is 45.2 Å². The molecule has 0 saturated carbocycles. The fourth-order valence-electron chi connectivity index (χ4n) is 2.71. The van der Waals surface area contributed by atoms with Crippen molar-refractivity contribution < 1.29 is 4.79 Å². The maximum Gasteiger partial charge on any atom is 0.228 e. The monoisotopic (exact) mass is 355 g/mol. The SMILES string of the molecule is CNCC1CCN(C(=O)Cc2csc(-c3ccc(Cl)s3)n2)C1. The molecule has 1 aliphatic heterocycles. The fraction of sp³-hybridized carbons (Fsp3) is 0.467. The smallest absolute Gasteiger partial charge is 0.228 e. The second kappa shape index (κ2) is 7.08. The quantitative estimate of drug-likeness (QED) is 0.896. The van der Waals surface area contributed by atoms with Crippen LogP contribution in [-0.2, 0) is 11.2 Å². The maximum atomic E-state index is 12.4. The number of thiophene rings is 1. The highest BCUT2D eigenvalue weighted by Gasteiger charge is 2.26. The van der Waals surface area contributed by atoms with Crippen LogP contribution in [0.4, 0.5) is 0 Å². The van der Waals surface area contributed by atoms with Crippen molar-refractivity contribution in [2.45, 2.75) is 12.8 Å². The molecule has 22 heavy (non-hydrogen) atoms. The number of nitrogens with zero attached hydrogens (tertiary/aromatic N) is 2. The minimum Gasteiger partial charge on any atom is -0.342 e. The highest BCUT2D eigenvalue weighted by atomic mass is 35.5. The van der Waals surface area contributed by atoms with Gasteiger partial charge in [-0.1, -0.05) is 11.6 Å². The van der Waals surface area contributed by atoms with Crippen LogP contribution in [0.15, 0.2) is 17.5 Å². The average Bonchev–Trinajstić information content (AvgIpc) is 3.19. The predicted molar refractivity (Wildman–Crippen MR) is 92.8 cm³/mol. The van der Waals surface area contributed by atoms with Gasteiger partial charge in [-0.3, -0.25) is 4.79 Å². The van der Waals surface area contributed by atoms with Crippen LogP contribution in [-0.4, -0.2) is 42.5 Å². The molecule has 118 valence electrons. The number of carbonyl (C=O) groups excluding carboxylic acids is 1. The molecule has 3 rings (SSSR count). The molecule has 1 saturated heterocycles. The van der Waals surface area contributed by atoms with Crippen LogP contribution in [0.2, 0.25) is 4.34 Å². The maximum absolute atomic E-state index is 12.4. The molecule has 1 unspecified atom stereocenters. The zero-order valence-electron chi connectivity index (χ0n) is 12.3. The second-order valence-corrected chi connectivity index (χ2v) is 8.05. The Kier molecular flexibility index (Phi) is 5.13. The van der Waals surface area contributed by atoms with Crippen molar-refractivity contribution in [3.63, 3.8) is 0 Å². The fourth-order valence-corrected chi connectivity index (χ4v) is 4.65. The lowest BCUT2D eigenvalue weighted by Crippen LogP contribution is -2.31. The minimum absolute atomic E-state index is 0.180. The van der Waals surface area contributed by atoms with E-state index in [1.54, 1.807) is 11.3 Å². The van der Waals surface area contributed by atoms with Crippen molar-refractivity contribution in [1.82, 2.24) is 15.2 Å². The van der Waals surface area contributed by atoms with Gasteiger partial charge in [0.1, 0.15) is 5.01 Å². The van der Waals surface area contributed by atoms with Crippen LogP contribution in [0, 0.1) is 5.92 Å². The van der Waals surface area contributed by atoms with Crippen LogP contribution in [0.25, 0.3) is 9.88 Å². The van der Waals surface area contributed by atoms with Crippen molar-refractivity contribution in [2.24, 2.45) is 5.92 Å². The van der Waals surface area contributed by atoms with Crippen molar-refractivity contribution in [2.75, 3.05) is 26.7 Å². The van der Waals surface area contributed by atoms with E-state index in [4.69, 9.17) is 11.6 Å². The van der Waals surface area contributed by atoms with Gasteiger partial charge in [-0.25, -0.2) is 4.98 Å². The largest absolute Gasteiger partial charge is 0.342 e. The summed E-state index contributed by atoms with van der Waals surface area (Å²) in [5.41, 5.74) is 0.853. The van der Waals surface area contributed by atoms with Crippen molar-refractivity contribution >= 4 is 40.2 Å². The summed E-state index contributed by atoms with van der Waals surface area (Å²) in [5.74, 6) is 0.757. The first-order valence-electron chi connectivity index (χ1n) is 7.28. The number of thiazole rings is 1. The highest BCUT2D eigenvalue weighted by molar-refractivity contribution is 7.23. The lowest BCUT2D eigenvalue weighted by molar-refractivity contribution is -0.129. The summed E-state index contributed by atoms with van der Waals surface area (Å²) in [6.45, 7) is 2.70. The van der Waals surface area contributed by atoms with Gasteiger partial charge >= 0.3 is 0 Å². The first-order valence-corrected chi connectivity index (χ1v) is 9.35. The van der Waals surface area contributed by atoms with Gasteiger partial charge in [-0.2, -0.15) is 0 Å². The highest BCUT2D eigenvalue weighted by Crippen LogP contribution is 2.33. The zero-order valence-corrected chi connectivity index (χ0v) is 14.7. The van der Waals surface area contributed by atoms with Gasteiger partial charge in [0, 0.05) is 18.5 Å². The van der Waals surface area contributed by atoms with Crippen LogP contribution in [0.1, 0.15) is 12.1 Å². The van der Waals surface area contributed by atoms with Crippen LogP contribution in [0.5, 0.6) is 0 Å². The molecule has 4 nitrogen and oxygen atoms in total. The molecule has 0 aromatic carbocycles. The molecule has 1 fully saturated rings. The summed E-state index contributed by atoms with van der Waals surface area (Å²) in [6, 6.07) is 3.85. The normalized spacial score (nSPS) is 18.1. The average molecular weight is 356 g/mol. The summed E-state index contributed by atoms with van der Waals surface area (Å²) >= 11 is 9.04. The summed E-state index contributed by atoms with van der Waals surface area (Å²) in [6.07, 6.45) is 1.48. The molecule has 0 radical (unpaired) electrons. The Labute approximate surface area is 143 Å². The molecule has 0 aliphatic carbocycles. The van der Waals surface area contributed by atoms with E-state index in [1.807, 2.05) is 29.5 Å². The molecule has 1 atom stereocenters. The van der Waals surface area contributed by atoms with E-state index in [2.05, 4.69) is 10.3 Å². The first-order chi connectivity index (χ1) is 10.7. The Hall–Kier alpha value is -0.950. The van der Waals surface area contributed by atoms with Gasteiger partial charge in [0.15, 0.2) is 0 Å². The van der Waals surface area contributed by atoms with E-state index >= 15 is 0 Å². The molecule has 1 amide bonds. The van der Waals surface area contributed by atoms with Crippen molar-refractivity contribution in [3.8, 4) is 9.88 Å². The van der Waals surface area contributed by atoms with Crippen LogP contribution < -0.4 is 5.32 Å². The molecule has 1 aliphatic rings. The summed E-state index contributed by atoms with van der Waals surface area (Å²) in [4.78, 5) is 20.0. The molecule has 2 aromatic rings. The first kappa shape index (κ1) is 15.9. The van der Waals surface area contributed by atoms with E-state index in [1.165, 1.54) is 11.3 Å². The Morgan fingerprint density at radius 2 is 2.41 bits per heavy atom. The van der Waals surface area contributed by atoms with Crippen LogP contribution >= 0.6 is 34.3 Å². The molecule has 1 N–H and O–H groups in total. The third kappa shape index (κ3) is 3.68. The summed E-state index contributed by atoms with van der Waals surface area (Å²) in [5, 5.41) is 6.10. The number of amides is 1. The number of aromatic nitrogens is 1. The minimum atomic E-state index is 0.180. The third-order valence-corrected chi connectivity index (χ3v) is 6.09. The number of likely N-dealkylation sites (tertiary alicyclic amines) is 1. The van der Waals surface area contributed by atoms with E-state index < -0.39 is 0 Å². The molecular formula is C15H18ClN3OS2. The lowest BCUT2D eigenvalue weighted by Gasteiger charge is -2.15. The number of carbonyl (C=O) groups is 1. The standard InChI is InChI=1S/C15H18ClN3OS2/c1-17-7-10-4-5-19(8-10)14(20)6-11-9-21-15(18-11)12-2-3-13(16)22-12/h2-3,9-10,17H,4-8H2,1H3. The van der Waals surface area contributed by atoms with Gasteiger partial charge in [-0.15, -0.1) is 22.7 Å². The molecule has 0 spiro atoms. The Morgan fingerprint density at radius 1 is 1.55 bits per heavy atom. The number of hydrogen-bond donors (Lipinski definition) is 1. The Morgan fingerprint density at radius 3 is 3.14 bits per heavy atom. The molecule has 0 bridgehead atoms. The summed E-state index contributed by atoms with van der Waals surface area (Å²) < 4.78 is 0.760. The molecule has 2 aromatic heterocycles. The van der Waals surface area contributed by atoms with Gasteiger partial charge in [-0.05, 0) is 38.1 Å². The number of rotatable bonds is 5. The van der Waals surface area contributed by atoms with E-state index in [9.17, 15) is 4.79 Å². The predicted octanol–water partition coefficient (Wildman–Crippen LogP) is 3.14. The number of halogens is 1. The molecule has 7 heteroatoms. The Bertz CT molecular complexity index is 655. The Balaban J connectivity index is 1.59. The van der Waals surface area contributed by atoms with E-state index in [0.29, 0.717) is 12.3 Å². The molecular weight excluding hydrogens is 338 g/mol. The van der Waals surface area contributed by atoms with Crippen LogP contribution in [0.3, 0.4) is 0 Å². The zero-order chi connectivity index (χ0) is 15.5. The van der Waals surface area contributed by atoms with Gasteiger partial charge in [0.2, 0.25) is 5.91 Å². The summed E-state index contributed by atoms with van der Waals surface area (Å²) in [7, 11) is 1.96. The second-order valence-electron chi connectivity index (χ2n) is 5.48. The van der Waals surface area contributed by atoms with Crippen molar-refractivity contribution in [1.29, 1.82) is 0 Å². The van der Waals surface area contributed by atoms with E-state index in [-0.39, 0.29) is 5.91 Å². The van der Waals surface area contributed by atoms with E-state index in [0.717, 1.165) is 46.0 Å². The van der Waals surface area contributed by atoms with Gasteiger partial charge in [0.05, 0.1) is 21.3 Å². The van der Waals surface area contributed by atoms with Crippen molar-refractivity contribution in [3.05, 3.63) is 27.5 Å². The number of nitrogens with one attached hydrogen (secondary N) is 1. The number of hydrogen-bond acceptors (Lipinski definition) is 5.